The second-order valence-electron chi connectivity index (χ2n) is 5.34. The second kappa shape index (κ2) is 7.24. The first-order valence-electron chi connectivity index (χ1n) is 8.08. The van der Waals surface area contributed by atoms with Gasteiger partial charge in [0.25, 0.3) is 0 Å². The van der Waals surface area contributed by atoms with Gasteiger partial charge in [0.05, 0.1) is 11.8 Å². The first kappa shape index (κ1) is 15.5. The van der Waals surface area contributed by atoms with E-state index in [2.05, 4.69) is 34.0 Å². The van der Waals surface area contributed by atoms with Crippen LogP contribution in [0.25, 0.3) is 22.5 Å². The Balaban J connectivity index is 1.88. The lowest BCUT2D eigenvalue weighted by Crippen LogP contribution is -2.28. The van der Waals surface area contributed by atoms with E-state index in [0.717, 1.165) is 42.9 Å². The number of fused-ring (bicyclic) bond motifs is 1. The molecule has 1 aromatic carbocycles. The van der Waals surface area contributed by atoms with Crippen LogP contribution in [0.1, 0.15) is 13.8 Å². The molecule has 0 atom stereocenters. The van der Waals surface area contributed by atoms with Crippen LogP contribution < -0.4 is 5.32 Å². The molecule has 0 aliphatic rings. The number of nitrogens with zero attached hydrogens (tertiary/aromatic N) is 3. The van der Waals surface area contributed by atoms with Gasteiger partial charge in [-0.2, -0.15) is 0 Å². The SMILES string of the molecule is CCN(CC)CCNc1nc(-c2ccco2)nc2ccccc12. The smallest absolute Gasteiger partial charge is 0.198 e. The number of hydrogen-bond donors (Lipinski definition) is 1. The summed E-state index contributed by atoms with van der Waals surface area (Å²) in [5.41, 5.74) is 0.916. The van der Waals surface area contributed by atoms with Gasteiger partial charge >= 0.3 is 0 Å². The first-order chi connectivity index (χ1) is 11.3. The quantitative estimate of drug-likeness (QED) is 0.722. The molecule has 3 rings (SSSR count). The maximum atomic E-state index is 5.44. The van der Waals surface area contributed by atoms with E-state index < -0.39 is 0 Å². The van der Waals surface area contributed by atoms with Gasteiger partial charge in [0.15, 0.2) is 11.6 Å². The fraction of sp³-hybridized carbons (Fsp3) is 0.333. The molecular weight excluding hydrogens is 288 g/mol. The Bertz CT molecular complexity index is 751. The summed E-state index contributed by atoms with van der Waals surface area (Å²) in [5, 5.41) is 4.48. The van der Waals surface area contributed by atoms with Crippen LogP contribution >= 0.6 is 0 Å². The molecule has 1 N–H and O–H groups in total. The van der Waals surface area contributed by atoms with Crippen molar-refractivity contribution < 1.29 is 4.42 Å². The van der Waals surface area contributed by atoms with Crippen molar-refractivity contribution in [2.24, 2.45) is 0 Å². The van der Waals surface area contributed by atoms with E-state index in [1.165, 1.54) is 0 Å². The van der Waals surface area contributed by atoms with E-state index in [0.29, 0.717) is 11.6 Å². The number of anilines is 1. The number of para-hydroxylation sites is 1. The Labute approximate surface area is 136 Å². The summed E-state index contributed by atoms with van der Waals surface area (Å²) in [6, 6.07) is 11.8. The van der Waals surface area contributed by atoms with Crippen molar-refractivity contribution in [3.8, 4) is 11.6 Å². The zero-order chi connectivity index (χ0) is 16.1. The molecule has 0 unspecified atom stereocenters. The third-order valence-corrected chi connectivity index (χ3v) is 3.96. The summed E-state index contributed by atoms with van der Waals surface area (Å²) < 4.78 is 5.44. The van der Waals surface area contributed by atoms with Crippen molar-refractivity contribution in [1.29, 1.82) is 0 Å². The van der Waals surface area contributed by atoms with Gasteiger partial charge in [-0.15, -0.1) is 0 Å². The number of nitrogens with one attached hydrogen (secondary N) is 1. The number of furan rings is 1. The maximum Gasteiger partial charge on any atom is 0.198 e. The molecule has 23 heavy (non-hydrogen) atoms. The topological polar surface area (TPSA) is 54.2 Å². The first-order valence-corrected chi connectivity index (χ1v) is 8.08. The minimum absolute atomic E-state index is 0.610. The van der Waals surface area contributed by atoms with Crippen LogP contribution in [0, 0.1) is 0 Å². The summed E-state index contributed by atoms with van der Waals surface area (Å²) in [6.45, 7) is 8.31. The van der Waals surface area contributed by atoms with Gasteiger partial charge in [-0.1, -0.05) is 26.0 Å². The van der Waals surface area contributed by atoms with E-state index in [9.17, 15) is 0 Å². The fourth-order valence-electron chi connectivity index (χ4n) is 2.60. The molecule has 0 spiro atoms. The van der Waals surface area contributed by atoms with E-state index in [1.54, 1.807) is 6.26 Å². The third-order valence-electron chi connectivity index (χ3n) is 3.96. The van der Waals surface area contributed by atoms with Crippen molar-refractivity contribution in [2.45, 2.75) is 13.8 Å². The molecule has 0 saturated heterocycles. The van der Waals surface area contributed by atoms with Gasteiger partial charge in [-0.05, 0) is 37.4 Å². The number of hydrogen-bond acceptors (Lipinski definition) is 5. The normalized spacial score (nSPS) is 11.3. The zero-order valence-electron chi connectivity index (χ0n) is 13.6. The Morgan fingerprint density at radius 3 is 2.61 bits per heavy atom. The van der Waals surface area contributed by atoms with Gasteiger partial charge in [-0.25, -0.2) is 9.97 Å². The molecule has 0 aliphatic carbocycles. The Morgan fingerprint density at radius 2 is 1.87 bits per heavy atom. The predicted molar refractivity (Wildman–Crippen MR) is 93.5 cm³/mol. The van der Waals surface area contributed by atoms with Crippen LogP contribution in [-0.4, -0.2) is 41.0 Å². The lowest BCUT2D eigenvalue weighted by atomic mass is 10.2. The highest BCUT2D eigenvalue weighted by Gasteiger charge is 2.11. The van der Waals surface area contributed by atoms with Crippen LogP contribution in [-0.2, 0) is 0 Å². The number of aromatic nitrogens is 2. The molecule has 0 radical (unpaired) electrons. The van der Waals surface area contributed by atoms with Gasteiger partial charge in [0, 0.05) is 18.5 Å². The summed E-state index contributed by atoms with van der Waals surface area (Å²) in [7, 11) is 0. The van der Waals surface area contributed by atoms with E-state index >= 15 is 0 Å². The standard InChI is InChI=1S/C18H22N4O/c1-3-22(4-2)12-11-19-17-14-8-5-6-9-15(14)20-18(21-17)16-10-7-13-23-16/h5-10,13H,3-4,11-12H2,1-2H3,(H,19,20,21). The number of likely N-dealkylation sites (N-methyl/N-ethyl adjacent to an activating group) is 1. The molecule has 0 saturated carbocycles. The average molecular weight is 310 g/mol. The highest BCUT2D eigenvalue weighted by molar-refractivity contribution is 5.90. The van der Waals surface area contributed by atoms with E-state index in [4.69, 9.17) is 4.42 Å². The van der Waals surface area contributed by atoms with E-state index in [1.807, 2.05) is 36.4 Å². The fourth-order valence-corrected chi connectivity index (χ4v) is 2.60. The molecular formula is C18H22N4O. The number of benzene rings is 1. The maximum absolute atomic E-state index is 5.44. The lowest BCUT2D eigenvalue weighted by molar-refractivity contribution is 0.316. The molecule has 5 nitrogen and oxygen atoms in total. The minimum Gasteiger partial charge on any atom is -0.461 e. The van der Waals surface area contributed by atoms with Crippen LogP contribution in [0.4, 0.5) is 5.82 Å². The third kappa shape index (κ3) is 3.51. The van der Waals surface area contributed by atoms with Crippen LogP contribution in [0.2, 0.25) is 0 Å². The predicted octanol–water partition coefficient (Wildman–Crippen LogP) is 3.64. The Hall–Kier alpha value is -2.40. The average Bonchev–Trinajstić information content (AvgIpc) is 3.13. The Kier molecular flexibility index (Phi) is 4.88. The minimum atomic E-state index is 0.610. The van der Waals surface area contributed by atoms with Crippen molar-refractivity contribution in [3.63, 3.8) is 0 Å². The monoisotopic (exact) mass is 310 g/mol. The molecule has 0 amide bonds. The molecule has 120 valence electrons. The van der Waals surface area contributed by atoms with Crippen LogP contribution in [0.15, 0.2) is 47.1 Å². The van der Waals surface area contributed by atoms with Crippen molar-refractivity contribution in [3.05, 3.63) is 42.7 Å². The van der Waals surface area contributed by atoms with Gasteiger partial charge in [0.2, 0.25) is 0 Å². The lowest BCUT2D eigenvalue weighted by Gasteiger charge is -2.18. The molecule has 0 bridgehead atoms. The van der Waals surface area contributed by atoms with Crippen LogP contribution in [0.5, 0.6) is 0 Å². The summed E-state index contributed by atoms with van der Waals surface area (Å²) in [4.78, 5) is 11.6. The van der Waals surface area contributed by atoms with Crippen molar-refractivity contribution in [1.82, 2.24) is 14.9 Å². The van der Waals surface area contributed by atoms with Crippen molar-refractivity contribution >= 4 is 16.7 Å². The number of rotatable bonds is 7. The molecule has 2 aromatic heterocycles. The van der Waals surface area contributed by atoms with Crippen LogP contribution in [0.3, 0.4) is 0 Å². The zero-order valence-corrected chi connectivity index (χ0v) is 13.6. The largest absolute Gasteiger partial charge is 0.461 e. The second-order valence-corrected chi connectivity index (χ2v) is 5.34. The van der Waals surface area contributed by atoms with Gasteiger partial charge in [-0.3, -0.25) is 0 Å². The van der Waals surface area contributed by atoms with Crippen molar-refractivity contribution in [2.75, 3.05) is 31.5 Å². The van der Waals surface area contributed by atoms with E-state index in [-0.39, 0.29) is 0 Å². The molecule has 0 aliphatic heterocycles. The summed E-state index contributed by atoms with van der Waals surface area (Å²) >= 11 is 0. The Morgan fingerprint density at radius 1 is 1.04 bits per heavy atom. The van der Waals surface area contributed by atoms with Gasteiger partial charge < -0.3 is 14.6 Å². The molecule has 2 heterocycles. The highest BCUT2D eigenvalue weighted by atomic mass is 16.3. The molecule has 0 fully saturated rings. The molecule has 5 heteroatoms. The summed E-state index contributed by atoms with van der Waals surface area (Å²) in [5.74, 6) is 2.15. The summed E-state index contributed by atoms with van der Waals surface area (Å²) in [6.07, 6.45) is 1.64. The molecule has 3 aromatic rings. The van der Waals surface area contributed by atoms with Gasteiger partial charge in [0.1, 0.15) is 5.82 Å². The highest BCUT2D eigenvalue weighted by Crippen LogP contribution is 2.24.